The smallest absolute Gasteiger partial charge is 0.320 e. The normalized spacial score (nSPS) is 14.5. The van der Waals surface area contributed by atoms with E-state index in [2.05, 4.69) is 15.5 Å². The summed E-state index contributed by atoms with van der Waals surface area (Å²) >= 11 is 5.90. The highest BCUT2D eigenvalue weighted by Gasteiger charge is 2.30. The van der Waals surface area contributed by atoms with Gasteiger partial charge >= 0.3 is 6.03 Å². The van der Waals surface area contributed by atoms with E-state index in [1.807, 2.05) is 30.3 Å². The molecule has 33 heavy (non-hydrogen) atoms. The molecular weight excluding hydrogens is 443 g/mol. The number of nitrogens with zero attached hydrogens (tertiary/aromatic N) is 2. The Morgan fingerprint density at radius 3 is 2.12 bits per heavy atom. The number of piperazine rings is 1. The van der Waals surface area contributed by atoms with Crippen LogP contribution >= 0.6 is 11.6 Å². The van der Waals surface area contributed by atoms with Gasteiger partial charge in [0.1, 0.15) is 11.9 Å². The largest absolute Gasteiger partial charge is 0.368 e. The van der Waals surface area contributed by atoms with Crippen LogP contribution in [0.15, 0.2) is 78.9 Å². The molecule has 3 aromatic rings. The molecule has 1 aliphatic heterocycles. The molecule has 2 N–H and O–H groups in total. The minimum atomic E-state index is -0.823. The van der Waals surface area contributed by atoms with E-state index < -0.39 is 12.1 Å². The van der Waals surface area contributed by atoms with Crippen LogP contribution in [-0.4, -0.2) is 43.0 Å². The maximum absolute atomic E-state index is 13.4. The highest BCUT2D eigenvalue weighted by Crippen LogP contribution is 2.21. The first kappa shape index (κ1) is 22.6. The van der Waals surface area contributed by atoms with Crippen molar-refractivity contribution < 1.29 is 14.0 Å². The zero-order valence-electron chi connectivity index (χ0n) is 17.9. The number of carbonyl (C=O) groups excluding carboxylic acids is 2. The summed E-state index contributed by atoms with van der Waals surface area (Å²) in [6, 6.07) is 20.9. The van der Waals surface area contributed by atoms with Crippen molar-refractivity contribution in [1.29, 1.82) is 0 Å². The van der Waals surface area contributed by atoms with E-state index in [9.17, 15) is 14.0 Å². The Balaban J connectivity index is 1.43. The molecule has 4 rings (SSSR count). The Labute approximate surface area is 197 Å². The molecule has 0 saturated carbocycles. The predicted molar refractivity (Wildman–Crippen MR) is 128 cm³/mol. The molecular formula is C25H24ClFN4O2. The molecule has 1 fully saturated rings. The maximum atomic E-state index is 13.4. The van der Waals surface area contributed by atoms with E-state index >= 15 is 0 Å². The van der Waals surface area contributed by atoms with Gasteiger partial charge in [-0.25, -0.2) is 9.18 Å². The molecule has 0 unspecified atom stereocenters. The van der Waals surface area contributed by atoms with Gasteiger partial charge in [-0.2, -0.15) is 0 Å². The molecule has 0 bridgehead atoms. The van der Waals surface area contributed by atoms with Crippen LogP contribution in [0, 0.1) is 5.82 Å². The lowest BCUT2D eigenvalue weighted by atomic mass is 10.1. The third kappa shape index (κ3) is 5.81. The zero-order chi connectivity index (χ0) is 23.2. The topological polar surface area (TPSA) is 64.7 Å². The minimum Gasteiger partial charge on any atom is -0.368 e. The number of anilines is 2. The lowest BCUT2D eigenvalue weighted by Crippen LogP contribution is -2.52. The molecule has 170 valence electrons. The number of nitrogens with one attached hydrogen (secondary N) is 2. The molecule has 6 nitrogen and oxygen atoms in total. The molecule has 0 spiro atoms. The van der Waals surface area contributed by atoms with Crippen molar-refractivity contribution in [3.05, 3.63) is 95.3 Å². The van der Waals surface area contributed by atoms with Gasteiger partial charge in [-0.3, -0.25) is 4.79 Å². The van der Waals surface area contributed by atoms with E-state index in [0.717, 1.165) is 5.69 Å². The Kier molecular flexibility index (Phi) is 7.10. The van der Waals surface area contributed by atoms with Gasteiger partial charge in [0.05, 0.1) is 0 Å². The second-order valence-corrected chi connectivity index (χ2v) is 8.17. The van der Waals surface area contributed by atoms with Crippen LogP contribution in [0.2, 0.25) is 5.02 Å². The van der Waals surface area contributed by atoms with Crippen molar-refractivity contribution in [3.8, 4) is 0 Å². The summed E-state index contributed by atoms with van der Waals surface area (Å²) in [6.07, 6.45) is 0. The van der Waals surface area contributed by atoms with Crippen LogP contribution in [0.25, 0.3) is 0 Å². The number of halogens is 2. The third-order valence-electron chi connectivity index (χ3n) is 5.54. The Bertz CT molecular complexity index is 1090. The van der Waals surface area contributed by atoms with E-state index in [4.69, 9.17) is 11.6 Å². The van der Waals surface area contributed by atoms with E-state index in [-0.39, 0.29) is 11.7 Å². The van der Waals surface area contributed by atoms with E-state index in [1.54, 1.807) is 41.3 Å². The van der Waals surface area contributed by atoms with Gasteiger partial charge in [-0.1, -0.05) is 41.9 Å². The second kappa shape index (κ2) is 10.4. The van der Waals surface area contributed by atoms with Gasteiger partial charge in [0, 0.05) is 42.6 Å². The predicted octanol–water partition coefficient (Wildman–Crippen LogP) is 4.69. The first-order valence-electron chi connectivity index (χ1n) is 10.7. The molecule has 3 amide bonds. The highest BCUT2D eigenvalue weighted by molar-refractivity contribution is 6.30. The second-order valence-electron chi connectivity index (χ2n) is 7.74. The Hall–Kier alpha value is -3.58. The number of carbonyl (C=O) groups is 2. The number of hydrogen-bond donors (Lipinski definition) is 2. The SMILES string of the molecule is O=C(Nc1ccc(Cl)cc1)N[C@@H](C(=O)N1CCN(c2ccc(F)cc2)CC1)c1ccccc1. The monoisotopic (exact) mass is 466 g/mol. The van der Waals surface area contributed by atoms with Crippen LogP contribution in [0.4, 0.5) is 20.6 Å². The van der Waals surface area contributed by atoms with E-state index in [0.29, 0.717) is 42.5 Å². The van der Waals surface area contributed by atoms with Crippen LogP contribution in [0.1, 0.15) is 11.6 Å². The van der Waals surface area contributed by atoms with Gasteiger partial charge in [-0.05, 0) is 54.1 Å². The van der Waals surface area contributed by atoms with Gasteiger partial charge in [0.25, 0.3) is 0 Å². The van der Waals surface area contributed by atoms with Crippen molar-refractivity contribution >= 4 is 34.9 Å². The molecule has 1 heterocycles. The molecule has 0 aliphatic carbocycles. The first-order valence-corrected chi connectivity index (χ1v) is 11.0. The lowest BCUT2D eigenvalue weighted by molar-refractivity contribution is -0.133. The molecule has 3 aromatic carbocycles. The fourth-order valence-electron chi connectivity index (χ4n) is 3.78. The Morgan fingerprint density at radius 2 is 1.48 bits per heavy atom. The van der Waals surface area contributed by atoms with Crippen molar-refractivity contribution in [3.63, 3.8) is 0 Å². The first-order chi connectivity index (χ1) is 16.0. The van der Waals surface area contributed by atoms with E-state index in [1.165, 1.54) is 12.1 Å². The van der Waals surface area contributed by atoms with Gasteiger partial charge < -0.3 is 20.4 Å². The highest BCUT2D eigenvalue weighted by atomic mass is 35.5. The fraction of sp³-hybridized carbons (Fsp3) is 0.200. The summed E-state index contributed by atoms with van der Waals surface area (Å²) in [5, 5.41) is 6.12. The van der Waals surface area contributed by atoms with Crippen LogP contribution in [0.3, 0.4) is 0 Å². The van der Waals surface area contributed by atoms with Gasteiger partial charge in [0.2, 0.25) is 5.91 Å². The van der Waals surface area contributed by atoms with Crippen molar-refractivity contribution in [1.82, 2.24) is 10.2 Å². The molecule has 8 heteroatoms. The molecule has 0 aromatic heterocycles. The molecule has 1 atom stereocenters. The summed E-state index contributed by atoms with van der Waals surface area (Å²) in [4.78, 5) is 29.9. The average Bonchev–Trinajstić information content (AvgIpc) is 2.85. The average molecular weight is 467 g/mol. The quantitative estimate of drug-likeness (QED) is 0.573. The van der Waals surface area contributed by atoms with Gasteiger partial charge in [-0.15, -0.1) is 0 Å². The number of urea groups is 1. The molecule has 1 saturated heterocycles. The van der Waals surface area contributed by atoms with Crippen LogP contribution in [-0.2, 0) is 4.79 Å². The number of hydrogen-bond acceptors (Lipinski definition) is 3. The van der Waals surface area contributed by atoms with Crippen molar-refractivity contribution in [2.24, 2.45) is 0 Å². The summed E-state index contributed by atoms with van der Waals surface area (Å²) in [5.74, 6) is -0.451. The lowest BCUT2D eigenvalue weighted by Gasteiger charge is -2.37. The van der Waals surface area contributed by atoms with Crippen molar-refractivity contribution in [2.45, 2.75) is 6.04 Å². The Morgan fingerprint density at radius 1 is 0.848 bits per heavy atom. The summed E-state index contributed by atoms with van der Waals surface area (Å²) in [6.45, 7) is 2.24. The summed E-state index contributed by atoms with van der Waals surface area (Å²) < 4.78 is 13.2. The third-order valence-corrected chi connectivity index (χ3v) is 5.79. The van der Waals surface area contributed by atoms with Crippen LogP contribution < -0.4 is 15.5 Å². The molecule has 1 aliphatic rings. The summed E-state index contributed by atoms with van der Waals surface area (Å²) in [5.41, 5.74) is 2.20. The molecule has 0 radical (unpaired) electrons. The maximum Gasteiger partial charge on any atom is 0.320 e. The fourth-order valence-corrected chi connectivity index (χ4v) is 3.91. The van der Waals surface area contributed by atoms with Crippen molar-refractivity contribution in [2.75, 3.05) is 36.4 Å². The number of amides is 3. The minimum absolute atomic E-state index is 0.175. The number of benzene rings is 3. The van der Waals surface area contributed by atoms with Crippen LogP contribution in [0.5, 0.6) is 0 Å². The van der Waals surface area contributed by atoms with Gasteiger partial charge in [0.15, 0.2) is 0 Å². The standard InChI is InChI=1S/C25H24ClFN4O2/c26-19-6-10-21(11-7-19)28-25(33)29-23(18-4-2-1-3-5-18)24(32)31-16-14-30(15-17-31)22-12-8-20(27)9-13-22/h1-13,23H,14-17H2,(H2,28,29,33)/t23-/m1/s1. The number of rotatable bonds is 5. The summed E-state index contributed by atoms with van der Waals surface area (Å²) in [7, 11) is 0. The zero-order valence-corrected chi connectivity index (χ0v) is 18.6.